The molecule has 1 amide bonds. The van der Waals surface area contributed by atoms with Crippen LogP contribution in [0.5, 0.6) is 0 Å². The van der Waals surface area contributed by atoms with E-state index in [9.17, 15) is 9.59 Å². The van der Waals surface area contributed by atoms with E-state index in [1.165, 1.54) is 0 Å². The first kappa shape index (κ1) is 11.9. The first-order valence-electron chi connectivity index (χ1n) is 4.94. The van der Waals surface area contributed by atoms with E-state index in [0.717, 1.165) is 12.8 Å². The number of carboxylic acid groups (broad SMARTS) is 1. The molecule has 1 saturated carbocycles. The largest absolute Gasteiger partial charge is 0.479 e. The van der Waals surface area contributed by atoms with E-state index in [-0.39, 0.29) is 24.9 Å². The minimum absolute atomic E-state index is 0.146. The first-order valence-corrected chi connectivity index (χ1v) is 4.94. The van der Waals surface area contributed by atoms with Gasteiger partial charge in [-0.1, -0.05) is 0 Å². The third kappa shape index (κ3) is 4.26. The molecule has 6 heteroatoms. The number of nitrogens with one attached hydrogen (secondary N) is 1. The smallest absolute Gasteiger partial charge is 0.334 e. The van der Waals surface area contributed by atoms with Gasteiger partial charge in [-0.05, 0) is 18.8 Å². The summed E-state index contributed by atoms with van der Waals surface area (Å²) < 4.78 is 0. The maximum absolute atomic E-state index is 11.2. The molecule has 1 rings (SSSR count). The molecule has 1 aliphatic rings. The van der Waals surface area contributed by atoms with Crippen LogP contribution < -0.4 is 11.1 Å². The van der Waals surface area contributed by atoms with Crippen molar-refractivity contribution in [3.8, 4) is 0 Å². The first-order chi connectivity index (χ1) is 7.00. The van der Waals surface area contributed by atoms with Crippen LogP contribution in [0.2, 0.25) is 0 Å². The molecule has 6 nitrogen and oxygen atoms in total. The molecule has 86 valence electrons. The van der Waals surface area contributed by atoms with Gasteiger partial charge in [-0.25, -0.2) is 4.79 Å². The lowest BCUT2D eigenvalue weighted by molar-refractivity contribution is -0.146. The Balaban J connectivity index is 2.15. The number of hydrogen-bond donors (Lipinski definition) is 4. The molecule has 0 aromatic carbocycles. The molecule has 2 atom stereocenters. The summed E-state index contributed by atoms with van der Waals surface area (Å²) in [5.41, 5.74) is 5.71. The summed E-state index contributed by atoms with van der Waals surface area (Å²) in [5.74, 6) is -1.23. The van der Waals surface area contributed by atoms with Gasteiger partial charge >= 0.3 is 5.97 Å². The number of rotatable bonds is 6. The topological polar surface area (TPSA) is 113 Å². The Labute approximate surface area is 87.5 Å². The fourth-order valence-electron chi connectivity index (χ4n) is 1.28. The van der Waals surface area contributed by atoms with Crippen molar-refractivity contribution < 1.29 is 19.8 Å². The molecule has 0 radical (unpaired) electrons. The molecule has 0 spiro atoms. The Morgan fingerprint density at radius 1 is 1.47 bits per heavy atom. The van der Waals surface area contributed by atoms with Crippen molar-refractivity contribution in [3.63, 3.8) is 0 Å². The highest BCUT2D eigenvalue weighted by molar-refractivity contribution is 5.78. The molecule has 5 N–H and O–H groups in total. The van der Waals surface area contributed by atoms with Gasteiger partial charge in [0.1, 0.15) is 0 Å². The van der Waals surface area contributed by atoms with E-state index in [2.05, 4.69) is 5.32 Å². The number of carbonyl (C=O) groups is 2. The van der Waals surface area contributed by atoms with Crippen LogP contribution in [0, 0.1) is 5.92 Å². The molecule has 0 bridgehead atoms. The van der Waals surface area contributed by atoms with Gasteiger partial charge < -0.3 is 21.3 Å². The maximum Gasteiger partial charge on any atom is 0.334 e. The molecular formula is C9H16N2O4. The summed E-state index contributed by atoms with van der Waals surface area (Å²) in [6.07, 6.45) is 0.765. The second-order valence-corrected chi connectivity index (χ2v) is 3.86. The zero-order chi connectivity index (χ0) is 11.4. The van der Waals surface area contributed by atoms with Crippen molar-refractivity contribution in [1.29, 1.82) is 0 Å². The van der Waals surface area contributed by atoms with Crippen molar-refractivity contribution in [3.05, 3.63) is 0 Å². The van der Waals surface area contributed by atoms with Crippen LogP contribution in [0.4, 0.5) is 0 Å². The monoisotopic (exact) mass is 216 g/mol. The molecule has 0 saturated heterocycles. The average molecular weight is 216 g/mol. The quantitative estimate of drug-likeness (QED) is 0.439. The van der Waals surface area contributed by atoms with E-state index in [0.29, 0.717) is 5.92 Å². The van der Waals surface area contributed by atoms with Crippen LogP contribution in [-0.2, 0) is 9.59 Å². The highest BCUT2D eigenvalue weighted by atomic mass is 16.4. The fraction of sp³-hybridized carbons (Fsp3) is 0.778. The van der Waals surface area contributed by atoms with Gasteiger partial charge in [-0.15, -0.1) is 0 Å². The van der Waals surface area contributed by atoms with Crippen LogP contribution in [0.25, 0.3) is 0 Å². The van der Waals surface area contributed by atoms with Crippen molar-refractivity contribution in [2.75, 3.05) is 6.54 Å². The van der Waals surface area contributed by atoms with Gasteiger partial charge in [0, 0.05) is 12.5 Å². The summed E-state index contributed by atoms with van der Waals surface area (Å²) in [4.78, 5) is 21.4. The van der Waals surface area contributed by atoms with Crippen LogP contribution in [0.3, 0.4) is 0 Å². The standard InChI is InChI=1S/C9H16N2O4/c10-6(5-1-2-5)3-8(13)11-4-7(12)9(14)15/h5-7,12H,1-4,10H2,(H,11,13)(H,14,15). The van der Waals surface area contributed by atoms with E-state index in [4.69, 9.17) is 15.9 Å². The number of carbonyl (C=O) groups excluding carboxylic acids is 1. The van der Waals surface area contributed by atoms with Gasteiger partial charge in [-0.2, -0.15) is 0 Å². The molecule has 0 aliphatic heterocycles. The van der Waals surface area contributed by atoms with Crippen molar-refractivity contribution in [1.82, 2.24) is 5.32 Å². The molecule has 0 aromatic heterocycles. The third-order valence-corrected chi connectivity index (χ3v) is 2.43. The summed E-state index contributed by atoms with van der Waals surface area (Å²) in [6.45, 7) is -0.272. The number of nitrogens with two attached hydrogens (primary N) is 1. The van der Waals surface area contributed by atoms with Crippen molar-refractivity contribution in [2.24, 2.45) is 11.7 Å². The van der Waals surface area contributed by atoms with Gasteiger partial charge in [0.2, 0.25) is 5.91 Å². The molecule has 0 aromatic rings. The lowest BCUT2D eigenvalue weighted by Gasteiger charge is -2.11. The fourth-order valence-corrected chi connectivity index (χ4v) is 1.28. The second-order valence-electron chi connectivity index (χ2n) is 3.86. The normalized spacial score (nSPS) is 19.3. The lowest BCUT2D eigenvalue weighted by Crippen LogP contribution is -2.39. The Kier molecular flexibility index (Phi) is 4.05. The Morgan fingerprint density at radius 3 is 2.53 bits per heavy atom. The Bertz CT molecular complexity index is 252. The number of aliphatic hydroxyl groups excluding tert-OH is 1. The second kappa shape index (κ2) is 5.09. The SMILES string of the molecule is NC(CC(=O)NCC(O)C(=O)O)C1CC1. The van der Waals surface area contributed by atoms with E-state index < -0.39 is 12.1 Å². The third-order valence-electron chi connectivity index (χ3n) is 2.43. The summed E-state index contributed by atoms with van der Waals surface area (Å²) in [5, 5.41) is 19.6. The number of aliphatic carboxylic acids is 1. The zero-order valence-electron chi connectivity index (χ0n) is 8.35. The van der Waals surface area contributed by atoms with Crippen LogP contribution in [0.1, 0.15) is 19.3 Å². The molecule has 1 fully saturated rings. The molecular weight excluding hydrogens is 200 g/mol. The summed E-state index contributed by atoms with van der Waals surface area (Å²) in [6, 6.07) is -0.146. The number of aliphatic hydroxyl groups is 1. The van der Waals surface area contributed by atoms with Crippen molar-refractivity contribution >= 4 is 11.9 Å². The zero-order valence-corrected chi connectivity index (χ0v) is 8.35. The van der Waals surface area contributed by atoms with Gasteiger partial charge in [0.25, 0.3) is 0 Å². The maximum atomic E-state index is 11.2. The lowest BCUT2D eigenvalue weighted by atomic mass is 10.1. The number of hydrogen-bond acceptors (Lipinski definition) is 4. The highest BCUT2D eigenvalue weighted by Gasteiger charge is 2.29. The molecule has 0 heterocycles. The number of carboxylic acids is 1. The predicted octanol–water partition coefficient (Wildman–Crippen LogP) is -1.32. The number of amides is 1. The van der Waals surface area contributed by atoms with Crippen LogP contribution >= 0.6 is 0 Å². The highest BCUT2D eigenvalue weighted by Crippen LogP contribution is 2.32. The van der Waals surface area contributed by atoms with Gasteiger partial charge in [-0.3, -0.25) is 4.79 Å². The van der Waals surface area contributed by atoms with E-state index in [1.807, 2.05) is 0 Å². The average Bonchev–Trinajstić information content (AvgIpc) is 2.96. The summed E-state index contributed by atoms with van der Waals surface area (Å²) in [7, 11) is 0. The van der Waals surface area contributed by atoms with Crippen molar-refractivity contribution in [2.45, 2.75) is 31.4 Å². The minimum Gasteiger partial charge on any atom is -0.479 e. The molecule has 1 aliphatic carbocycles. The Hall–Kier alpha value is -1.14. The van der Waals surface area contributed by atoms with E-state index >= 15 is 0 Å². The van der Waals surface area contributed by atoms with Gasteiger partial charge in [0.05, 0.1) is 6.54 Å². The molecule has 15 heavy (non-hydrogen) atoms. The summed E-state index contributed by atoms with van der Waals surface area (Å²) >= 11 is 0. The van der Waals surface area contributed by atoms with Crippen LogP contribution in [0.15, 0.2) is 0 Å². The minimum atomic E-state index is -1.55. The van der Waals surface area contributed by atoms with E-state index in [1.54, 1.807) is 0 Å². The van der Waals surface area contributed by atoms with Gasteiger partial charge in [0.15, 0.2) is 6.10 Å². The van der Waals surface area contributed by atoms with Crippen LogP contribution in [-0.4, -0.2) is 40.8 Å². The molecule has 2 unspecified atom stereocenters. The Morgan fingerprint density at radius 2 is 2.07 bits per heavy atom. The predicted molar refractivity (Wildman–Crippen MR) is 52.0 cm³/mol.